The number of ether oxygens (including phenoxy) is 2. The van der Waals surface area contributed by atoms with Crippen molar-refractivity contribution in [3.8, 4) is 0 Å². The van der Waals surface area contributed by atoms with Crippen LogP contribution in [0.2, 0.25) is 0 Å². The van der Waals surface area contributed by atoms with E-state index >= 15 is 0 Å². The summed E-state index contributed by atoms with van der Waals surface area (Å²) in [6.07, 6.45) is 7.02. The van der Waals surface area contributed by atoms with Crippen LogP contribution < -0.4 is 0 Å². The van der Waals surface area contributed by atoms with Crippen molar-refractivity contribution >= 4 is 12.2 Å². The van der Waals surface area contributed by atoms with E-state index in [1.807, 2.05) is 0 Å². The van der Waals surface area contributed by atoms with Crippen LogP contribution in [0.3, 0.4) is 0 Å². The fourth-order valence-corrected chi connectivity index (χ4v) is 4.91. The van der Waals surface area contributed by atoms with Crippen LogP contribution >= 0.6 is 0 Å². The predicted octanol–water partition coefficient (Wildman–Crippen LogP) is 6.49. The first kappa shape index (κ1) is 19.0. The summed E-state index contributed by atoms with van der Waals surface area (Å²) in [5.74, 6) is 0.528. The Morgan fingerprint density at radius 1 is 0.800 bits per heavy atom. The first-order valence-corrected chi connectivity index (χ1v) is 10.6. The summed E-state index contributed by atoms with van der Waals surface area (Å²) in [4.78, 5) is 0. The number of benzene rings is 3. The highest BCUT2D eigenvalue weighted by Crippen LogP contribution is 2.60. The highest BCUT2D eigenvalue weighted by Gasteiger charge is 2.52. The quantitative estimate of drug-likeness (QED) is 0.476. The van der Waals surface area contributed by atoms with Gasteiger partial charge in [-0.05, 0) is 27.8 Å². The Balaban J connectivity index is 1.56. The van der Waals surface area contributed by atoms with Crippen LogP contribution in [-0.4, -0.2) is 13.7 Å². The SMILES string of the molecule is COC/C(=C\c1ccccc1)[C@@H]1[C@H](/C=C/c2ccccc2)[C@@H]2O[C@H]1c1ccccc12. The topological polar surface area (TPSA) is 18.5 Å². The van der Waals surface area contributed by atoms with E-state index in [0.29, 0.717) is 6.61 Å². The molecule has 2 aliphatic rings. The number of hydrogen-bond acceptors (Lipinski definition) is 2. The zero-order chi connectivity index (χ0) is 20.3. The number of rotatable bonds is 6. The Morgan fingerprint density at radius 2 is 1.40 bits per heavy atom. The summed E-state index contributed by atoms with van der Waals surface area (Å²) in [7, 11) is 1.77. The van der Waals surface area contributed by atoms with Gasteiger partial charge >= 0.3 is 0 Å². The number of methoxy groups -OCH3 is 1. The van der Waals surface area contributed by atoms with Gasteiger partial charge in [0.05, 0.1) is 18.8 Å². The highest BCUT2D eigenvalue weighted by atomic mass is 16.5. The monoisotopic (exact) mass is 394 g/mol. The molecule has 0 aromatic heterocycles. The van der Waals surface area contributed by atoms with Crippen molar-refractivity contribution in [3.05, 3.63) is 119 Å². The molecule has 0 N–H and O–H groups in total. The summed E-state index contributed by atoms with van der Waals surface area (Å²) >= 11 is 0. The third-order valence-corrected chi connectivity index (χ3v) is 6.19. The summed E-state index contributed by atoms with van der Waals surface area (Å²) in [6.45, 7) is 0.601. The molecular weight excluding hydrogens is 368 g/mol. The second-order valence-electron chi connectivity index (χ2n) is 8.04. The van der Waals surface area contributed by atoms with E-state index in [2.05, 4.69) is 103 Å². The first-order chi connectivity index (χ1) is 14.8. The highest BCUT2D eigenvalue weighted by molar-refractivity contribution is 5.57. The Labute approximate surface area is 178 Å². The summed E-state index contributed by atoms with van der Waals surface area (Å²) < 4.78 is 12.2. The van der Waals surface area contributed by atoms with E-state index in [0.717, 1.165) is 0 Å². The van der Waals surface area contributed by atoms with Gasteiger partial charge in [0.15, 0.2) is 0 Å². The van der Waals surface area contributed by atoms with Crippen molar-refractivity contribution < 1.29 is 9.47 Å². The molecule has 2 heteroatoms. The fraction of sp³-hybridized carbons (Fsp3) is 0.214. The third-order valence-electron chi connectivity index (χ3n) is 6.19. The Morgan fingerprint density at radius 3 is 2.07 bits per heavy atom. The lowest BCUT2D eigenvalue weighted by Gasteiger charge is -2.30. The zero-order valence-corrected chi connectivity index (χ0v) is 17.1. The average molecular weight is 395 g/mol. The van der Waals surface area contributed by atoms with Crippen LogP contribution in [0.1, 0.15) is 34.5 Å². The third kappa shape index (κ3) is 3.54. The molecule has 2 bridgehead atoms. The van der Waals surface area contributed by atoms with Crippen LogP contribution in [0.5, 0.6) is 0 Å². The molecule has 30 heavy (non-hydrogen) atoms. The molecule has 5 rings (SSSR count). The lowest BCUT2D eigenvalue weighted by atomic mass is 9.72. The number of hydrogen-bond donors (Lipinski definition) is 0. The van der Waals surface area contributed by atoms with Crippen LogP contribution in [0.4, 0.5) is 0 Å². The fourth-order valence-electron chi connectivity index (χ4n) is 4.91. The van der Waals surface area contributed by atoms with Crippen LogP contribution in [0.25, 0.3) is 12.2 Å². The van der Waals surface area contributed by atoms with Crippen molar-refractivity contribution in [1.82, 2.24) is 0 Å². The normalized spacial score (nSPS) is 25.0. The molecule has 3 aromatic carbocycles. The molecule has 0 radical (unpaired) electrons. The molecule has 0 amide bonds. The molecule has 0 saturated carbocycles. The minimum Gasteiger partial charge on any atom is -0.380 e. The van der Waals surface area contributed by atoms with Gasteiger partial charge in [-0.2, -0.15) is 0 Å². The maximum Gasteiger partial charge on any atom is 0.0910 e. The van der Waals surface area contributed by atoms with Gasteiger partial charge in [0.25, 0.3) is 0 Å². The van der Waals surface area contributed by atoms with Gasteiger partial charge in [0.2, 0.25) is 0 Å². The number of fused-ring (bicyclic) bond motifs is 5. The van der Waals surface area contributed by atoms with E-state index in [4.69, 9.17) is 9.47 Å². The standard InChI is InChI=1S/C28H26O2/c1-29-19-22(18-21-12-6-3-7-13-21)26-25(17-16-20-10-4-2-5-11-20)27-23-14-8-9-15-24(23)28(26)30-27/h2-18,25-28H,19H2,1H3/b17-16+,22-18+/t25-,26+,27+,28-/m0/s1. The lowest BCUT2D eigenvalue weighted by Crippen LogP contribution is -2.24. The van der Waals surface area contributed by atoms with Gasteiger partial charge in [-0.15, -0.1) is 0 Å². The zero-order valence-electron chi connectivity index (χ0n) is 17.1. The van der Waals surface area contributed by atoms with Gasteiger partial charge in [0.1, 0.15) is 0 Å². The van der Waals surface area contributed by atoms with Crippen LogP contribution in [-0.2, 0) is 9.47 Å². The smallest absolute Gasteiger partial charge is 0.0910 e. The van der Waals surface area contributed by atoms with Crippen LogP contribution in [0, 0.1) is 11.8 Å². The Bertz CT molecular complexity index is 1050. The summed E-state index contributed by atoms with van der Waals surface area (Å²) in [5, 5.41) is 0. The second-order valence-corrected chi connectivity index (χ2v) is 8.04. The molecule has 150 valence electrons. The van der Waals surface area contributed by atoms with E-state index in [-0.39, 0.29) is 24.0 Å². The van der Waals surface area contributed by atoms with Gasteiger partial charge < -0.3 is 9.47 Å². The molecule has 1 fully saturated rings. The minimum atomic E-state index is 0.0711. The summed E-state index contributed by atoms with van der Waals surface area (Å²) in [6, 6.07) is 29.7. The van der Waals surface area contributed by atoms with Gasteiger partial charge in [-0.25, -0.2) is 0 Å². The van der Waals surface area contributed by atoms with E-state index in [1.165, 1.54) is 27.8 Å². The first-order valence-electron chi connectivity index (χ1n) is 10.6. The molecular formula is C28H26O2. The predicted molar refractivity (Wildman–Crippen MR) is 122 cm³/mol. The van der Waals surface area contributed by atoms with E-state index in [9.17, 15) is 0 Å². The molecule has 0 spiro atoms. The lowest BCUT2D eigenvalue weighted by molar-refractivity contribution is 0.0583. The van der Waals surface area contributed by atoms with Gasteiger partial charge in [-0.3, -0.25) is 0 Å². The van der Waals surface area contributed by atoms with Crippen molar-refractivity contribution in [2.24, 2.45) is 11.8 Å². The second kappa shape index (κ2) is 8.43. The molecule has 4 atom stereocenters. The molecule has 2 aliphatic heterocycles. The molecule has 0 aliphatic carbocycles. The van der Waals surface area contributed by atoms with Crippen molar-refractivity contribution in [1.29, 1.82) is 0 Å². The summed E-state index contributed by atoms with van der Waals surface area (Å²) in [5.41, 5.74) is 6.36. The van der Waals surface area contributed by atoms with Crippen molar-refractivity contribution in [2.75, 3.05) is 13.7 Å². The Hall–Kier alpha value is -2.94. The van der Waals surface area contributed by atoms with Gasteiger partial charge in [0, 0.05) is 18.9 Å². The largest absolute Gasteiger partial charge is 0.380 e. The average Bonchev–Trinajstić information content (AvgIpc) is 3.36. The molecule has 2 heterocycles. The van der Waals surface area contributed by atoms with E-state index < -0.39 is 0 Å². The maximum atomic E-state index is 6.57. The molecule has 1 saturated heterocycles. The maximum absolute atomic E-state index is 6.57. The van der Waals surface area contributed by atoms with E-state index in [1.54, 1.807) is 7.11 Å². The Kier molecular flexibility index (Phi) is 5.35. The van der Waals surface area contributed by atoms with Crippen LogP contribution in [0.15, 0.2) is 96.6 Å². The molecule has 0 unspecified atom stereocenters. The molecule has 2 nitrogen and oxygen atoms in total. The van der Waals surface area contributed by atoms with Crippen molar-refractivity contribution in [2.45, 2.75) is 12.2 Å². The van der Waals surface area contributed by atoms with Gasteiger partial charge in [-0.1, -0.05) is 103 Å². The minimum absolute atomic E-state index is 0.0711. The van der Waals surface area contributed by atoms with Crippen molar-refractivity contribution in [3.63, 3.8) is 0 Å². The molecule has 3 aromatic rings.